The van der Waals surface area contributed by atoms with E-state index < -0.39 is 36.2 Å². The van der Waals surface area contributed by atoms with Crippen LogP contribution in [-0.2, 0) is 29.1 Å². The summed E-state index contributed by atoms with van der Waals surface area (Å²) in [6.45, 7) is 2.26. The summed E-state index contributed by atoms with van der Waals surface area (Å²) in [5, 5.41) is 20.0. The van der Waals surface area contributed by atoms with Gasteiger partial charge in [0.05, 0.1) is 34.8 Å². The average molecular weight is 722 g/mol. The highest BCUT2D eigenvalue weighted by molar-refractivity contribution is 7.13. The molecule has 0 saturated carbocycles. The Kier molecular flexibility index (Phi) is 14.6. The van der Waals surface area contributed by atoms with Crippen molar-refractivity contribution < 1.29 is 24.2 Å². The molecule has 50 heavy (non-hydrogen) atoms. The van der Waals surface area contributed by atoms with E-state index in [0.29, 0.717) is 25.7 Å². The van der Waals surface area contributed by atoms with Gasteiger partial charge in [0.2, 0.25) is 5.91 Å². The van der Waals surface area contributed by atoms with Crippen LogP contribution in [0.3, 0.4) is 0 Å². The number of aliphatic hydroxyl groups excluding tert-OH is 1. The average Bonchev–Trinajstić information content (AvgIpc) is 3.81. The maximum Gasteiger partial charge on any atom is 0.407 e. The van der Waals surface area contributed by atoms with E-state index in [2.05, 4.69) is 20.6 Å². The molecule has 0 fully saturated rings. The Morgan fingerprint density at radius 1 is 0.980 bits per heavy atom. The molecule has 268 valence electrons. The van der Waals surface area contributed by atoms with E-state index in [9.17, 15) is 19.5 Å². The first-order valence-electron chi connectivity index (χ1n) is 16.5. The number of carbonyl (C=O) groups is 3. The molecule has 5 N–H and O–H groups in total. The number of alkyl carbamates (subject to hydrolysis) is 1. The highest BCUT2D eigenvalue weighted by Gasteiger charge is 2.30. The first-order chi connectivity index (χ1) is 24.0. The van der Waals surface area contributed by atoms with Crippen LogP contribution in [0.4, 0.5) is 14.7 Å². The van der Waals surface area contributed by atoms with Crippen LogP contribution >= 0.6 is 22.7 Å². The third-order valence-electron chi connectivity index (χ3n) is 8.46. The highest BCUT2D eigenvalue weighted by atomic mass is 32.1. The van der Waals surface area contributed by atoms with Gasteiger partial charge in [-0.2, -0.15) is 0 Å². The number of hydrogen-bond acceptors (Lipinski definition) is 10. The molecule has 0 bridgehead atoms. The van der Waals surface area contributed by atoms with Crippen molar-refractivity contribution in [1.82, 2.24) is 25.5 Å². The molecule has 2 unspecified atom stereocenters. The highest BCUT2D eigenvalue weighted by Crippen LogP contribution is 2.31. The van der Waals surface area contributed by atoms with Gasteiger partial charge in [0.15, 0.2) is 5.13 Å². The van der Waals surface area contributed by atoms with E-state index in [-0.39, 0.29) is 25.0 Å². The lowest BCUT2D eigenvalue weighted by Gasteiger charge is -2.30. The molecule has 2 heterocycles. The predicted octanol–water partition coefficient (Wildman–Crippen LogP) is 5.15. The second kappa shape index (κ2) is 19.0. The molecule has 2 aromatic carbocycles. The summed E-state index contributed by atoms with van der Waals surface area (Å²) in [5.41, 5.74) is 10.3. The van der Waals surface area contributed by atoms with Crippen LogP contribution in [0.1, 0.15) is 53.8 Å². The Bertz CT molecular complexity index is 1620. The van der Waals surface area contributed by atoms with Crippen LogP contribution in [-0.4, -0.2) is 77.3 Å². The molecule has 2 aromatic heterocycles. The van der Waals surface area contributed by atoms with E-state index in [1.54, 1.807) is 18.8 Å². The SMILES string of the molecule is C[C@@H](C[C@H](CCC(O)C(Cc1ccccc1)NC(=O)OCc1cncs1)c1ccccc1)[C@H](NC(=O)N(C)Cc1csc(N(C)C)n1)C(N)=O. The van der Waals surface area contributed by atoms with Crippen LogP contribution in [0.25, 0.3) is 0 Å². The van der Waals surface area contributed by atoms with Crippen molar-refractivity contribution in [2.75, 3.05) is 26.0 Å². The van der Waals surface area contributed by atoms with Crippen LogP contribution in [0, 0.1) is 5.92 Å². The van der Waals surface area contributed by atoms with E-state index in [1.807, 2.05) is 92.0 Å². The normalized spacial score (nSPS) is 14.1. The number of urea groups is 1. The molecule has 5 atom stereocenters. The number of nitrogens with zero attached hydrogens (tertiary/aromatic N) is 4. The number of nitrogens with two attached hydrogens (primary N) is 1. The fourth-order valence-electron chi connectivity index (χ4n) is 5.72. The van der Waals surface area contributed by atoms with Gasteiger partial charge in [-0.15, -0.1) is 22.7 Å². The van der Waals surface area contributed by atoms with Crippen molar-refractivity contribution in [2.24, 2.45) is 11.7 Å². The van der Waals surface area contributed by atoms with Gasteiger partial charge < -0.3 is 36.0 Å². The minimum atomic E-state index is -0.922. The predicted molar refractivity (Wildman–Crippen MR) is 197 cm³/mol. The number of ether oxygens (including phenoxy) is 1. The number of thiazole rings is 2. The molecule has 4 aromatic rings. The van der Waals surface area contributed by atoms with Crippen LogP contribution < -0.4 is 21.3 Å². The molecule has 4 amide bonds. The molecule has 0 radical (unpaired) electrons. The summed E-state index contributed by atoms with van der Waals surface area (Å²) in [6, 6.07) is 17.6. The Hall–Kier alpha value is -4.53. The lowest BCUT2D eigenvalue weighted by molar-refractivity contribution is -0.121. The molecule has 0 saturated heterocycles. The number of anilines is 1. The summed E-state index contributed by atoms with van der Waals surface area (Å²) in [7, 11) is 5.46. The Morgan fingerprint density at radius 2 is 1.68 bits per heavy atom. The van der Waals surface area contributed by atoms with Gasteiger partial charge in [-0.3, -0.25) is 9.78 Å². The molecule has 4 rings (SSSR count). The molecular formula is C36H47N7O5S2. The van der Waals surface area contributed by atoms with Gasteiger partial charge in [0, 0.05) is 32.7 Å². The molecule has 14 heteroatoms. The lowest BCUT2D eigenvalue weighted by Crippen LogP contribution is -2.52. The zero-order valence-electron chi connectivity index (χ0n) is 28.9. The molecule has 0 spiro atoms. The van der Waals surface area contributed by atoms with E-state index in [0.717, 1.165) is 26.8 Å². The number of rotatable bonds is 18. The smallest absolute Gasteiger partial charge is 0.407 e. The van der Waals surface area contributed by atoms with Crippen LogP contribution in [0.2, 0.25) is 0 Å². The molecule has 0 aliphatic heterocycles. The fourth-order valence-corrected chi connectivity index (χ4v) is 6.98. The standard InChI is InChI=1S/C36H47N7O5S2/c1-24(32(33(37)45)41-34(46)43(4)20-28-22-49-35(39-28)42(2)3)17-27(26-13-9-6-10-14-26)15-16-31(44)30(18-25-11-7-5-8-12-25)40-36(47)48-21-29-19-38-23-50-29/h5-14,19,22-24,27,30-32,44H,15-18,20-21H2,1-4H3,(H2,37,45)(H,40,47)(H,41,46)/t24-,27-,30?,31?,32-/m0/s1. The zero-order valence-corrected chi connectivity index (χ0v) is 30.5. The van der Waals surface area contributed by atoms with Gasteiger partial charge in [0.1, 0.15) is 12.6 Å². The van der Waals surface area contributed by atoms with Crippen molar-refractivity contribution in [3.63, 3.8) is 0 Å². The van der Waals surface area contributed by atoms with Crippen LogP contribution in [0.5, 0.6) is 0 Å². The summed E-state index contributed by atoms with van der Waals surface area (Å²) < 4.78 is 5.42. The molecule has 0 aliphatic rings. The van der Waals surface area contributed by atoms with E-state index in [1.165, 1.54) is 27.6 Å². The third-order valence-corrected chi connectivity index (χ3v) is 10.3. The fraction of sp³-hybridized carbons (Fsp3) is 0.417. The van der Waals surface area contributed by atoms with Crippen molar-refractivity contribution >= 4 is 45.8 Å². The number of hydrogen-bond donors (Lipinski definition) is 4. The zero-order chi connectivity index (χ0) is 36.0. The molecular weight excluding hydrogens is 675 g/mol. The number of primary amides is 1. The van der Waals surface area contributed by atoms with E-state index in [4.69, 9.17) is 10.5 Å². The lowest BCUT2D eigenvalue weighted by atomic mass is 9.82. The van der Waals surface area contributed by atoms with Crippen LogP contribution in [0.15, 0.2) is 77.8 Å². The second-order valence-electron chi connectivity index (χ2n) is 12.7. The summed E-state index contributed by atoms with van der Waals surface area (Å²) in [5.74, 6) is -1.03. The monoisotopic (exact) mass is 721 g/mol. The second-order valence-corrected chi connectivity index (χ2v) is 14.5. The summed E-state index contributed by atoms with van der Waals surface area (Å²) in [6.07, 6.45) is 1.96. The summed E-state index contributed by atoms with van der Waals surface area (Å²) in [4.78, 5) is 51.4. The number of aliphatic hydroxyl groups is 1. The minimum Gasteiger partial charge on any atom is -0.444 e. The topological polar surface area (TPSA) is 163 Å². The van der Waals surface area contributed by atoms with Crippen molar-refractivity contribution in [3.8, 4) is 0 Å². The minimum absolute atomic E-state index is 0.0764. The number of nitrogens with one attached hydrogen (secondary N) is 2. The van der Waals surface area contributed by atoms with Crippen molar-refractivity contribution in [1.29, 1.82) is 0 Å². The largest absolute Gasteiger partial charge is 0.444 e. The quantitative estimate of drug-likeness (QED) is 0.110. The van der Waals surface area contributed by atoms with Gasteiger partial charge in [-0.1, -0.05) is 67.6 Å². The van der Waals surface area contributed by atoms with Gasteiger partial charge in [0.25, 0.3) is 0 Å². The number of aromatic nitrogens is 2. The third kappa shape index (κ3) is 11.8. The van der Waals surface area contributed by atoms with E-state index >= 15 is 0 Å². The Balaban J connectivity index is 1.42. The molecule has 0 aliphatic carbocycles. The Labute approximate surface area is 301 Å². The maximum atomic E-state index is 13.2. The first-order valence-corrected chi connectivity index (χ1v) is 18.3. The van der Waals surface area contributed by atoms with Gasteiger partial charge >= 0.3 is 12.1 Å². The number of carbonyl (C=O) groups excluding carboxylic acids is 3. The number of benzene rings is 2. The van der Waals surface area contributed by atoms with Gasteiger partial charge in [-0.05, 0) is 48.6 Å². The van der Waals surface area contributed by atoms with Crippen molar-refractivity contribution in [3.05, 3.63) is 99.4 Å². The van der Waals surface area contributed by atoms with Gasteiger partial charge in [-0.25, -0.2) is 14.6 Å². The first kappa shape index (κ1) is 38.3. The summed E-state index contributed by atoms with van der Waals surface area (Å²) >= 11 is 2.88. The van der Waals surface area contributed by atoms with Crippen molar-refractivity contribution in [2.45, 2.75) is 69.9 Å². The molecule has 12 nitrogen and oxygen atoms in total. The number of amides is 4. The Morgan fingerprint density at radius 3 is 2.30 bits per heavy atom. The maximum absolute atomic E-state index is 13.2.